The number of aryl methyl sites for hydroxylation is 2. The quantitative estimate of drug-likeness (QED) is 0.491. The van der Waals surface area contributed by atoms with Crippen LogP contribution in [0.15, 0.2) is 82.4 Å². The summed E-state index contributed by atoms with van der Waals surface area (Å²) in [6.45, 7) is 4.30. The first-order chi connectivity index (χ1) is 12.6. The van der Waals surface area contributed by atoms with Crippen molar-refractivity contribution in [2.45, 2.75) is 26.3 Å². The molecule has 0 saturated heterocycles. The first kappa shape index (κ1) is 17.0. The van der Waals surface area contributed by atoms with Gasteiger partial charge in [0, 0.05) is 10.9 Å². The number of benzene rings is 3. The van der Waals surface area contributed by atoms with Crippen molar-refractivity contribution in [2.24, 2.45) is 5.10 Å². The first-order valence-electron chi connectivity index (χ1n) is 8.86. The maximum Gasteiger partial charge on any atom is 0.0831 e. The molecule has 1 atom stereocenters. The van der Waals surface area contributed by atoms with Gasteiger partial charge >= 0.3 is 0 Å². The molecule has 4 rings (SSSR count). The number of rotatable bonds is 3. The third-order valence-corrected chi connectivity index (χ3v) is 5.56. The van der Waals surface area contributed by atoms with E-state index in [1.807, 2.05) is 6.07 Å². The summed E-state index contributed by atoms with van der Waals surface area (Å²) in [5.74, 6) is 0. The zero-order valence-corrected chi connectivity index (χ0v) is 16.6. The van der Waals surface area contributed by atoms with E-state index in [9.17, 15) is 0 Å². The average Bonchev–Trinajstić information content (AvgIpc) is 3.11. The van der Waals surface area contributed by atoms with E-state index >= 15 is 0 Å². The fourth-order valence-electron chi connectivity index (χ4n) is 3.37. The highest BCUT2D eigenvalue weighted by Crippen LogP contribution is 2.37. The van der Waals surface area contributed by atoms with Gasteiger partial charge in [-0.3, -0.25) is 5.01 Å². The summed E-state index contributed by atoms with van der Waals surface area (Å²) in [7, 11) is 0. The standard InChI is InChI=1S/C23H21BrN2/c1-16-8-13-21(14-17(16)2)26-23(19-9-11-20(24)12-10-19)15-22(25-26)18-6-4-3-5-7-18/h3-14,23H,15H2,1-2H3. The van der Waals surface area contributed by atoms with E-state index in [4.69, 9.17) is 5.10 Å². The minimum absolute atomic E-state index is 0.209. The molecule has 130 valence electrons. The Morgan fingerprint density at radius 1 is 0.885 bits per heavy atom. The lowest BCUT2D eigenvalue weighted by Crippen LogP contribution is -2.18. The van der Waals surface area contributed by atoms with Crippen LogP contribution in [0.4, 0.5) is 5.69 Å². The van der Waals surface area contributed by atoms with Gasteiger partial charge in [0.2, 0.25) is 0 Å². The molecule has 0 N–H and O–H groups in total. The lowest BCUT2D eigenvalue weighted by atomic mass is 9.98. The molecule has 1 unspecified atom stereocenters. The van der Waals surface area contributed by atoms with E-state index in [0.29, 0.717) is 0 Å². The Kier molecular flexibility index (Phi) is 4.64. The zero-order valence-electron chi connectivity index (χ0n) is 15.0. The molecule has 3 heteroatoms. The van der Waals surface area contributed by atoms with Gasteiger partial charge in [-0.2, -0.15) is 5.10 Å². The van der Waals surface area contributed by atoms with Crippen molar-refractivity contribution in [3.8, 4) is 0 Å². The molecule has 0 fully saturated rings. The highest BCUT2D eigenvalue weighted by molar-refractivity contribution is 9.10. The predicted octanol–water partition coefficient (Wildman–Crippen LogP) is 6.42. The summed E-state index contributed by atoms with van der Waals surface area (Å²) in [6.07, 6.45) is 0.901. The van der Waals surface area contributed by atoms with Crippen LogP contribution in [0.5, 0.6) is 0 Å². The van der Waals surface area contributed by atoms with Gasteiger partial charge in [0.05, 0.1) is 17.4 Å². The van der Waals surface area contributed by atoms with Crippen molar-refractivity contribution in [1.82, 2.24) is 0 Å². The van der Waals surface area contributed by atoms with Gasteiger partial charge in [-0.15, -0.1) is 0 Å². The Labute approximate surface area is 163 Å². The van der Waals surface area contributed by atoms with Gasteiger partial charge in [-0.1, -0.05) is 64.5 Å². The molecule has 3 aromatic rings. The van der Waals surface area contributed by atoms with Crippen LogP contribution in [-0.2, 0) is 0 Å². The summed E-state index contributed by atoms with van der Waals surface area (Å²) < 4.78 is 1.10. The van der Waals surface area contributed by atoms with Gasteiger partial charge in [-0.25, -0.2) is 0 Å². The number of hydrazone groups is 1. The van der Waals surface area contributed by atoms with E-state index in [-0.39, 0.29) is 6.04 Å². The lowest BCUT2D eigenvalue weighted by molar-refractivity contribution is 0.708. The molecule has 2 nitrogen and oxygen atoms in total. The highest BCUT2D eigenvalue weighted by atomic mass is 79.9. The van der Waals surface area contributed by atoms with Gasteiger partial charge in [0.25, 0.3) is 0 Å². The van der Waals surface area contributed by atoms with E-state index in [2.05, 4.69) is 102 Å². The fraction of sp³-hybridized carbons (Fsp3) is 0.174. The van der Waals surface area contributed by atoms with Crippen molar-refractivity contribution in [1.29, 1.82) is 0 Å². The maximum atomic E-state index is 5.02. The number of hydrogen-bond donors (Lipinski definition) is 0. The van der Waals surface area contributed by atoms with Crippen LogP contribution in [0, 0.1) is 13.8 Å². The van der Waals surface area contributed by atoms with Crippen LogP contribution >= 0.6 is 15.9 Å². The monoisotopic (exact) mass is 404 g/mol. The molecule has 0 amide bonds. The SMILES string of the molecule is Cc1ccc(N2N=C(c3ccccc3)CC2c2ccc(Br)cc2)cc1C. The third-order valence-electron chi connectivity index (χ3n) is 5.03. The summed E-state index contributed by atoms with van der Waals surface area (Å²) in [5.41, 5.74) is 7.35. The lowest BCUT2D eigenvalue weighted by Gasteiger charge is -2.24. The summed E-state index contributed by atoms with van der Waals surface area (Å²) in [5, 5.41) is 7.20. The van der Waals surface area contributed by atoms with Crippen LogP contribution in [0.2, 0.25) is 0 Å². The van der Waals surface area contributed by atoms with Crippen molar-refractivity contribution < 1.29 is 0 Å². The third kappa shape index (κ3) is 3.32. The second-order valence-corrected chi connectivity index (χ2v) is 7.71. The smallest absolute Gasteiger partial charge is 0.0831 e. The van der Waals surface area contributed by atoms with Gasteiger partial charge in [0.1, 0.15) is 0 Å². The zero-order chi connectivity index (χ0) is 18.1. The van der Waals surface area contributed by atoms with Crippen LogP contribution in [0.1, 0.15) is 34.7 Å². The second-order valence-electron chi connectivity index (χ2n) is 6.80. The molecule has 1 aliphatic heterocycles. The molecule has 0 radical (unpaired) electrons. The Hall–Kier alpha value is -2.39. The average molecular weight is 405 g/mol. The van der Waals surface area contributed by atoms with E-state index in [0.717, 1.165) is 22.3 Å². The van der Waals surface area contributed by atoms with Crippen molar-refractivity contribution in [2.75, 3.05) is 5.01 Å². The minimum atomic E-state index is 0.209. The molecule has 0 bridgehead atoms. The number of anilines is 1. The number of hydrogen-bond acceptors (Lipinski definition) is 2. The highest BCUT2D eigenvalue weighted by Gasteiger charge is 2.29. The Bertz CT molecular complexity index is 946. The van der Waals surface area contributed by atoms with Crippen molar-refractivity contribution in [3.63, 3.8) is 0 Å². The predicted molar refractivity (Wildman–Crippen MR) is 113 cm³/mol. The van der Waals surface area contributed by atoms with Gasteiger partial charge in [-0.05, 0) is 60.4 Å². The normalized spacial score (nSPS) is 16.7. The van der Waals surface area contributed by atoms with E-state index < -0.39 is 0 Å². The van der Waals surface area contributed by atoms with E-state index in [1.54, 1.807) is 0 Å². The second kappa shape index (κ2) is 7.08. The molecule has 0 saturated carbocycles. The molecule has 3 aromatic carbocycles. The first-order valence-corrected chi connectivity index (χ1v) is 9.66. The molecule has 0 aromatic heterocycles. The minimum Gasteiger partial charge on any atom is -0.257 e. The summed E-state index contributed by atoms with van der Waals surface area (Å²) in [4.78, 5) is 0. The molecule has 1 heterocycles. The fourth-order valence-corrected chi connectivity index (χ4v) is 3.63. The number of nitrogens with zero attached hydrogens (tertiary/aromatic N) is 2. The van der Waals surface area contributed by atoms with Crippen LogP contribution in [0.3, 0.4) is 0 Å². The van der Waals surface area contributed by atoms with Crippen LogP contribution < -0.4 is 5.01 Å². The summed E-state index contributed by atoms with van der Waals surface area (Å²) in [6, 6.07) is 25.9. The molecule has 0 spiro atoms. The topological polar surface area (TPSA) is 15.6 Å². The van der Waals surface area contributed by atoms with Crippen molar-refractivity contribution in [3.05, 3.63) is 99.5 Å². The Morgan fingerprint density at radius 2 is 1.62 bits per heavy atom. The maximum absolute atomic E-state index is 5.02. The van der Waals surface area contributed by atoms with Crippen LogP contribution in [0.25, 0.3) is 0 Å². The molecular formula is C23H21BrN2. The van der Waals surface area contributed by atoms with E-state index in [1.165, 1.54) is 22.3 Å². The Balaban J connectivity index is 1.77. The molecule has 1 aliphatic rings. The van der Waals surface area contributed by atoms with Crippen LogP contribution in [-0.4, -0.2) is 5.71 Å². The van der Waals surface area contributed by atoms with Crippen molar-refractivity contribution >= 4 is 27.3 Å². The molecule has 26 heavy (non-hydrogen) atoms. The largest absolute Gasteiger partial charge is 0.257 e. The number of halogens is 1. The molecule has 0 aliphatic carbocycles. The Morgan fingerprint density at radius 3 is 2.31 bits per heavy atom. The molecular weight excluding hydrogens is 384 g/mol. The van der Waals surface area contributed by atoms with Gasteiger partial charge in [0.15, 0.2) is 0 Å². The summed E-state index contributed by atoms with van der Waals surface area (Å²) >= 11 is 3.54. The van der Waals surface area contributed by atoms with Gasteiger partial charge < -0.3 is 0 Å².